The molecule has 0 aliphatic rings. The van der Waals surface area contributed by atoms with Crippen LogP contribution >= 0.6 is 11.8 Å². The number of rotatable bonds is 5. The highest BCUT2D eigenvalue weighted by Gasteiger charge is 2.18. The van der Waals surface area contributed by atoms with Crippen molar-refractivity contribution in [2.45, 2.75) is 17.3 Å². The minimum Gasteiger partial charge on any atom is -0.497 e. The third kappa shape index (κ3) is 3.08. The zero-order valence-corrected chi connectivity index (χ0v) is 12.2. The Morgan fingerprint density at radius 3 is 2.70 bits per heavy atom. The lowest BCUT2D eigenvalue weighted by Crippen LogP contribution is -2.27. The number of carbonyl (C=O) groups is 1. The summed E-state index contributed by atoms with van der Waals surface area (Å²) < 4.78 is 6.70. The number of ether oxygens (including phenoxy) is 1. The molecule has 8 heteroatoms. The number of thioether (sulfide) groups is 1. The summed E-state index contributed by atoms with van der Waals surface area (Å²) in [6.45, 7) is 1.80. The van der Waals surface area contributed by atoms with E-state index >= 15 is 0 Å². The van der Waals surface area contributed by atoms with E-state index in [1.54, 1.807) is 25.8 Å². The van der Waals surface area contributed by atoms with E-state index < -0.39 is 0 Å². The van der Waals surface area contributed by atoms with Gasteiger partial charge in [0.2, 0.25) is 11.1 Å². The van der Waals surface area contributed by atoms with E-state index in [1.807, 2.05) is 24.3 Å². The first-order chi connectivity index (χ1) is 9.65. The molecule has 2 rings (SSSR count). The molecule has 1 amide bonds. The molecule has 0 saturated heterocycles. The quantitative estimate of drug-likeness (QED) is 0.825. The molecule has 0 bridgehead atoms. The molecule has 1 aromatic heterocycles. The molecule has 1 N–H and O–H groups in total. The number of hydrogen-bond donors (Lipinski definition) is 1. The van der Waals surface area contributed by atoms with Crippen LogP contribution in [0.25, 0.3) is 5.69 Å². The highest BCUT2D eigenvalue weighted by atomic mass is 32.2. The van der Waals surface area contributed by atoms with Crippen LogP contribution in [-0.4, -0.2) is 45.5 Å². The second-order valence-electron chi connectivity index (χ2n) is 3.95. The smallest absolute Gasteiger partial charge is 0.233 e. The van der Waals surface area contributed by atoms with Gasteiger partial charge in [-0.1, -0.05) is 11.8 Å². The van der Waals surface area contributed by atoms with Crippen molar-refractivity contribution in [2.24, 2.45) is 0 Å². The van der Waals surface area contributed by atoms with Crippen molar-refractivity contribution >= 4 is 17.7 Å². The number of aromatic nitrogens is 4. The summed E-state index contributed by atoms with van der Waals surface area (Å²) in [7, 11) is 3.21. The molecule has 0 saturated carbocycles. The van der Waals surface area contributed by atoms with Crippen LogP contribution in [0.1, 0.15) is 6.92 Å². The number of methoxy groups -OCH3 is 1. The molecule has 2 aromatic rings. The van der Waals surface area contributed by atoms with Crippen molar-refractivity contribution in [2.75, 3.05) is 14.2 Å². The van der Waals surface area contributed by atoms with Crippen LogP contribution < -0.4 is 10.1 Å². The van der Waals surface area contributed by atoms with Crippen LogP contribution in [0.4, 0.5) is 0 Å². The number of carbonyl (C=O) groups excluding carboxylic acids is 1. The van der Waals surface area contributed by atoms with Crippen LogP contribution in [0.3, 0.4) is 0 Å². The lowest BCUT2D eigenvalue weighted by Gasteiger charge is -2.09. The van der Waals surface area contributed by atoms with Crippen LogP contribution in [0.2, 0.25) is 0 Å². The van der Waals surface area contributed by atoms with Gasteiger partial charge in [-0.3, -0.25) is 4.79 Å². The average Bonchev–Trinajstić information content (AvgIpc) is 2.94. The summed E-state index contributed by atoms with van der Waals surface area (Å²) in [6.07, 6.45) is 0. The van der Waals surface area contributed by atoms with Crippen LogP contribution in [0, 0.1) is 0 Å². The van der Waals surface area contributed by atoms with Crippen LogP contribution in [-0.2, 0) is 4.79 Å². The first kappa shape index (κ1) is 14.3. The summed E-state index contributed by atoms with van der Waals surface area (Å²) in [5, 5.41) is 14.4. The Labute approximate surface area is 120 Å². The fourth-order valence-corrected chi connectivity index (χ4v) is 2.42. The van der Waals surface area contributed by atoms with Gasteiger partial charge in [0.1, 0.15) is 5.75 Å². The van der Waals surface area contributed by atoms with Gasteiger partial charge in [-0.05, 0) is 41.6 Å². The summed E-state index contributed by atoms with van der Waals surface area (Å²) in [4.78, 5) is 11.5. The van der Waals surface area contributed by atoms with Crippen molar-refractivity contribution < 1.29 is 9.53 Å². The maximum atomic E-state index is 11.5. The number of hydrogen-bond acceptors (Lipinski definition) is 6. The summed E-state index contributed by atoms with van der Waals surface area (Å²) >= 11 is 1.30. The van der Waals surface area contributed by atoms with E-state index in [-0.39, 0.29) is 11.2 Å². The Balaban J connectivity index is 2.21. The molecule has 0 spiro atoms. The zero-order valence-electron chi connectivity index (χ0n) is 11.4. The maximum Gasteiger partial charge on any atom is 0.233 e. The Morgan fingerprint density at radius 1 is 1.40 bits per heavy atom. The molecule has 0 fully saturated rings. The molecule has 7 nitrogen and oxygen atoms in total. The maximum absolute atomic E-state index is 11.5. The fourth-order valence-electron chi connectivity index (χ4n) is 1.55. The molecule has 0 aliphatic heterocycles. The Bertz CT molecular complexity index is 584. The summed E-state index contributed by atoms with van der Waals surface area (Å²) in [5.41, 5.74) is 0.808. The van der Waals surface area contributed by atoms with E-state index in [0.717, 1.165) is 11.4 Å². The number of nitrogens with one attached hydrogen (secondary N) is 1. The summed E-state index contributed by atoms with van der Waals surface area (Å²) in [6, 6.07) is 7.36. The van der Waals surface area contributed by atoms with Gasteiger partial charge in [0, 0.05) is 7.05 Å². The minimum atomic E-state index is -0.275. The molecule has 0 radical (unpaired) electrons. The van der Waals surface area contributed by atoms with Gasteiger partial charge in [0.15, 0.2) is 0 Å². The van der Waals surface area contributed by atoms with Gasteiger partial charge in [0.05, 0.1) is 18.0 Å². The van der Waals surface area contributed by atoms with Crippen molar-refractivity contribution in [3.63, 3.8) is 0 Å². The highest BCUT2D eigenvalue weighted by molar-refractivity contribution is 8.00. The van der Waals surface area contributed by atoms with Gasteiger partial charge in [-0.15, -0.1) is 5.10 Å². The van der Waals surface area contributed by atoms with Gasteiger partial charge >= 0.3 is 0 Å². The normalized spacial score (nSPS) is 11.9. The minimum absolute atomic E-state index is 0.0701. The Morgan fingerprint density at radius 2 is 2.10 bits per heavy atom. The Hall–Kier alpha value is -2.09. The van der Waals surface area contributed by atoms with E-state index in [1.165, 1.54) is 11.8 Å². The van der Waals surface area contributed by atoms with Crippen molar-refractivity contribution in [1.29, 1.82) is 0 Å². The predicted molar refractivity (Wildman–Crippen MR) is 75.1 cm³/mol. The number of nitrogens with zero attached hydrogens (tertiary/aromatic N) is 4. The topological polar surface area (TPSA) is 81.9 Å². The van der Waals surface area contributed by atoms with Gasteiger partial charge in [0.25, 0.3) is 0 Å². The molecule has 1 aromatic carbocycles. The molecule has 20 heavy (non-hydrogen) atoms. The number of tetrazole rings is 1. The second-order valence-corrected chi connectivity index (χ2v) is 5.25. The third-order valence-corrected chi connectivity index (χ3v) is 3.69. The monoisotopic (exact) mass is 293 g/mol. The molecular formula is C12H15N5O2S. The lowest BCUT2D eigenvalue weighted by atomic mass is 10.3. The third-order valence-electron chi connectivity index (χ3n) is 2.66. The zero-order chi connectivity index (χ0) is 14.5. The first-order valence-electron chi connectivity index (χ1n) is 5.96. The lowest BCUT2D eigenvalue weighted by molar-refractivity contribution is -0.119. The molecule has 1 atom stereocenters. The predicted octanol–water partition coefficient (Wildman–Crippen LogP) is 0.897. The van der Waals surface area contributed by atoms with Crippen LogP contribution in [0.15, 0.2) is 29.4 Å². The fraction of sp³-hybridized carbons (Fsp3) is 0.333. The van der Waals surface area contributed by atoms with Gasteiger partial charge in [-0.2, -0.15) is 4.68 Å². The van der Waals surface area contributed by atoms with Crippen LogP contribution in [0.5, 0.6) is 5.75 Å². The van der Waals surface area contributed by atoms with Crippen molar-refractivity contribution in [3.8, 4) is 11.4 Å². The molecule has 0 aliphatic carbocycles. The van der Waals surface area contributed by atoms with Gasteiger partial charge < -0.3 is 10.1 Å². The van der Waals surface area contributed by atoms with Gasteiger partial charge in [-0.25, -0.2) is 0 Å². The molecular weight excluding hydrogens is 278 g/mol. The average molecular weight is 293 g/mol. The number of benzene rings is 1. The van der Waals surface area contributed by atoms with Crippen molar-refractivity contribution in [3.05, 3.63) is 24.3 Å². The highest BCUT2D eigenvalue weighted by Crippen LogP contribution is 2.23. The van der Waals surface area contributed by atoms with E-state index in [0.29, 0.717) is 5.16 Å². The molecule has 106 valence electrons. The Kier molecular flexibility index (Phi) is 4.57. The molecule has 1 unspecified atom stereocenters. The summed E-state index contributed by atoms with van der Waals surface area (Å²) in [5.74, 6) is 0.689. The number of amides is 1. The first-order valence-corrected chi connectivity index (χ1v) is 6.84. The standard InChI is InChI=1S/C12H15N5O2S/c1-8(11(18)13-2)20-12-14-15-16-17(12)9-4-6-10(19-3)7-5-9/h4-8H,1-3H3,(H,13,18). The van der Waals surface area contributed by atoms with E-state index in [9.17, 15) is 4.79 Å². The van der Waals surface area contributed by atoms with Crippen molar-refractivity contribution in [1.82, 2.24) is 25.5 Å². The second kappa shape index (κ2) is 6.38. The largest absolute Gasteiger partial charge is 0.497 e. The molecule has 1 heterocycles. The van der Waals surface area contributed by atoms with E-state index in [2.05, 4.69) is 20.8 Å². The SMILES string of the molecule is CNC(=O)C(C)Sc1nnnn1-c1ccc(OC)cc1. The van der Waals surface area contributed by atoms with E-state index in [4.69, 9.17) is 4.74 Å².